The number of nitrogens with zero attached hydrogens (tertiary/aromatic N) is 2. The SMILES string of the molecule is [C-]#[N+]C(C(N)=O)C(C)=NCC. The Hall–Kier alpha value is -1.37. The highest BCUT2D eigenvalue weighted by molar-refractivity contribution is 6.08. The lowest BCUT2D eigenvalue weighted by molar-refractivity contribution is -0.117. The van der Waals surface area contributed by atoms with Gasteiger partial charge >= 0.3 is 11.9 Å². The Morgan fingerprint density at radius 3 is 2.64 bits per heavy atom. The maximum absolute atomic E-state index is 10.6. The number of primary amides is 1. The van der Waals surface area contributed by atoms with E-state index in [0.29, 0.717) is 12.3 Å². The first-order chi connectivity index (χ1) is 5.13. The Morgan fingerprint density at radius 2 is 2.36 bits per heavy atom. The number of aliphatic imine (C=N–C) groups is 1. The fourth-order valence-electron chi connectivity index (χ4n) is 0.699. The zero-order valence-corrected chi connectivity index (χ0v) is 6.66. The van der Waals surface area contributed by atoms with E-state index < -0.39 is 11.9 Å². The van der Waals surface area contributed by atoms with Gasteiger partial charge < -0.3 is 5.73 Å². The molecule has 0 fully saturated rings. The Balaban J connectivity index is 4.42. The first-order valence-electron chi connectivity index (χ1n) is 3.30. The fraction of sp³-hybridized carbons (Fsp3) is 0.571. The van der Waals surface area contributed by atoms with Crippen LogP contribution in [0.25, 0.3) is 4.85 Å². The van der Waals surface area contributed by atoms with Gasteiger partial charge in [0.15, 0.2) is 0 Å². The van der Waals surface area contributed by atoms with Gasteiger partial charge in [-0.25, -0.2) is 6.57 Å². The number of rotatable bonds is 3. The third-order valence-electron chi connectivity index (χ3n) is 1.20. The molecule has 0 aromatic heterocycles. The van der Waals surface area contributed by atoms with Crippen LogP contribution in [0, 0.1) is 6.57 Å². The van der Waals surface area contributed by atoms with Crippen LogP contribution in [-0.4, -0.2) is 24.2 Å². The van der Waals surface area contributed by atoms with Crippen LogP contribution in [0.5, 0.6) is 0 Å². The lowest BCUT2D eigenvalue weighted by Crippen LogP contribution is -2.31. The summed E-state index contributed by atoms with van der Waals surface area (Å²) in [5, 5.41) is 0. The Bertz CT molecular complexity index is 214. The molecule has 0 heterocycles. The quantitative estimate of drug-likeness (QED) is 0.458. The van der Waals surface area contributed by atoms with E-state index in [1.165, 1.54) is 0 Å². The minimum absolute atomic E-state index is 0.495. The van der Waals surface area contributed by atoms with Gasteiger partial charge in [0.05, 0.1) is 0 Å². The average Bonchev–Trinajstić information content (AvgIpc) is 1.88. The van der Waals surface area contributed by atoms with Crippen LogP contribution >= 0.6 is 0 Å². The number of nitrogens with two attached hydrogens (primary N) is 1. The van der Waals surface area contributed by atoms with E-state index in [1.807, 2.05) is 6.92 Å². The van der Waals surface area contributed by atoms with Gasteiger partial charge in [-0.3, -0.25) is 14.6 Å². The number of hydrogen-bond acceptors (Lipinski definition) is 2. The highest BCUT2D eigenvalue weighted by Crippen LogP contribution is 1.93. The largest absolute Gasteiger partial charge is 0.363 e. The Kier molecular flexibility index (Phi) is 3.89. The molecule has 0 aliphatic rings. The van der Waals surface area contributed by atoms with Gasteiger partial charge in [0.1, 0.15) is 5.71 Å². The van der Waals surface area contributed by atoms with Crippen molar-refractivity contribution < 1.29 is 4.79 Å². The van der Waals surface area contributed by atoms with E-state index in [4.69, 9.17) is 12.3 Å². The molecule has 0 saturated heterocycles. The minimum Gasteiger partial charge on any atom is -0.363 e. The van der Waals surface area contributed by atoms with Crippen LogP contribution in [0.2, 0.25) is 0 Å². The number of amides is 1. The maximum Gasteiger partial charge on any atom is 0.337 e. The van der Waals surface area contributed by atoms with Gasteiger partial charge in [-0.05, 0) is 13.8 Å². The minimum atomic E-state index is -0.880. The second-order valence-electron chi connectivity index (χ2n) is 2.05. The predicted octanol–water partition coefficient (Wildman–Crippen LogP) is 0.240. The molecule has 0 aliphatic carbocycles. The van der Waals surface area contributed by atoms with Crippen LogP contribution in [0.3, 0.4) is 0 Å². The third-order valence-corrected chi connectivity index (χ3v) is 1.20. The van der Waals surface area contributed by atoms with E-state index >= 15 is 0 Å². The topological polar surface area (TPSA) is 59.8 Å². The van der Waals surface area contributed by atoms with Gasteiger partial charge in [0, 0.05) is 6.54 Å². The molecule has 0 bridgehead atoms. The fourth-order valence-corrected chi connectivity index (χ4v) is 0.699. The lowest BCUT2D eigenvalue weighted by atomic mass is 10.2. The first kappa shape index (κ1) is 9.63. The van der Waals surface area contributed by atoms with Crippen molar-refractivity contribution in [2.45, 2.75) is 19.9 Å². The van der Waals surface area contributed by atoms with E-state index in [1.54, 1.807) is 6.92 Å². The molecule has 1 atom stereocenters. The highest BCUT2D eigenvalue weighted by Gasteiger charge is 2.22. The van der Waals surface area contributed by atoms with Crippen molar-refractivity contribution in [3.05, 3.63) is 11.4 Å². The Morgan fingerprint density at radius 1 is 1.82 bits per heavy atom. The van der Waals surface area contributed by atoms with Gasteiger partial charge in [0.2, 0.25) is 0 Å². The summed E-state index contributed by atoms with van der Waals surface area (Å²) in [6, 6.07) is -0.880. The van der Waals surface area contributed by atoms with Gasteiger partial charge in [-0.1, -0.05) is 0 Å². The second kappa shape index (κ2) is 4.45. The zero-order chi connectivity index (χ0) is 8.85. The van der Waals surface area contributed by atoms with Gasteiger partial charge in [-0.15, -0.1) is 0 Å². The van der Waals surface area contributed by atoms with Crippen molar-refractivity contribution in [2.24, 2.45) is 10.7 Å². The van der Waals surface area contributed by atoms with Crippen molar-refractivity contribution in [1.82, 2.24) is 0 Å². The van der Waals surface area contributed by atoms with Crippen molar-refractivity contribution >= 4 is 11.6 Å². The first-order valence-corrected chi connectivity index (χ1v) is 3.30. The van der Waals surface area contributed by atoms with Crippen LogP contribution in [0.4, 0.5) is 0 Å². The lowest BCUT2D eigenvalue weighted by Gasteiger charge is -1.98. The normalized spacial score (nSPS) is 13.7. The molecule has 0 saturated carbocycles. The van der Waals surface area contributed by atoms with Crippen LogP contribution in [0.1, 0.15) is 13.8 Å². The van der Waals surface area contributed by atoms with Crippen molar-refractivity contribution in [3.63, 3.8) is 0 Å². The number of carbonyl (C=O) groups excluding carboxylic acids is 1. The highest BCUT2D eigenvalue weighted by atomic mass is 16.1. The molecule has 2 N–H and O–H groups in total. The molecule has 1 unspecified atom stereocenters. The molecular formula is C7H11N3O. The molecule has 0 rings (SSSR count). The second-order valence-corrected chi connectivity index (χ2v) is 2.05. The summed E-state index contributed by atoms with van der Waals surface area (Å²) >= 11 is 0. The van der Waals surface area contributed by atoms with Crippen LogP contribution < -0.4 is 5.73 Å². The van der Waals surface area contributed by atoms with E-state index in [9.17, 15) is 4.79 Å². The summed E-state index contributed by atoms with van der Waals surface area (Å²) < 4.78 is 0. The monoisotopic (exact) mass is 153 g/mol. The number of carbonyl (C=O) groups is 1. The summed E-state index contributed by atoms with van der Waals surface area (Å²) in [6.45, 7) is 10.7. The van der Waals surface area contributed by atoms with Crippen LogP contribution in [0.15, 0.2) is 4.99 Å². The summed E-state index contributed by atoms with van der Waals surface area (Å²) in [5.74, 6) is -0.630. The van der Waals surface area contributed by atoms with E-state index in [-0.39, 0.29) is 0 Å². The summed E-state index contributed by atoms with van der Waals surface area (Å²) in [7, 11) is 0. The molecule has 4 nitrogen and oxygen atoms in total. The molecule has 0 aromatic rings. The molecule has 0 aliphatic heterocycles. The molecule has 11 heavy (non-hydrogen) atoms. The summed E-state index contributed by atoms with van der Waals surface area (Å²) in [5.41, 5.74) is 5.44. The van der Waals surface area contributed by atoms with Crippen molar-refractivity contribution in [2.75, 3.05) is 6.54 Å². The number of hydrogen-bond donors (Lipinski definition) is 1. The molecule has 1 amide bonds. The maximum atomic E-state index is 10.6. The van der Waals surface area contributed by atoms with E-state index in [2.05, 4.69) is 9.84 Å². The zero-order valence-electron chi connectivity index (χ0n) is 6.66. The molecule has 0 spiro atoms. The van der Waals surface area contributed by atoms with Crippen molar-refractivity contribution in [3.8, 4) is 0 Å². The summed E-state index contributed by atoms with van der Waals surface area (Å²) in [6.07, 6.45) is 0. The van der Waals surface area contributed by atoms with Gasteiger partial charge in [-0.2, -0.15) is 0 Å². The summed E-state index contributed by atoms with van der Waals surface area (Å²) in [4.78, 5) is 17.5. The van der Waals surface area contributed by atoms with E-state index in [0.717, 1.165) is 0 Å². The molecule has 60 valence electrons. The molecule has 0 aromatic carbocycles. The average molecular weight is 153 g/mol. The Labute approximate surface area is 65.9 Å². The molecule has 0 radical (unpaired) electrons. The predicted molar refractivity (Wildman–Crippen MR) is 43.2 cm³/mol. The standard InChI is InChI=1S/C7H11N3O/c1-4-10-5(2)6(9-3)7(8)11/h6H,4H2,1-2H3,(H2,8,11). The van der Waals surface area contributed by atoms with Crippen molar-refractivity contribution in [1.29, 1.82) is 0 Å². The van der Waals surface area contributed by atoms with Gasteiger partial charge in [0.25, 0.3) is 0 Å². The third kappa shape index (κ3) is 2.80. The molecular weight excluding hydrogens is 142 g/mol. The molecule has 4 heteroatoms. The smallest absolute Gasteiger partial charge is 0.337 e. The van der Waals surface area contributed by atoms with Crippen LogP contribution in [-0.2, 0) is 4.79 Å².